The van der Waals surface area contributed by atoms with Crippen LogP contribution in [0.1, 0.15) is 174 Å². The SMILES string of the molecule is CC/C=C\C/C=C\C/C=C\C/C=C\C/C=C\C/C=C\C/C=C\C/C=C\C/C=C\CCCCCCCCCCCC(=O)NC(COP(=O)(O)OCC[N+](C)(C)C)C(O)CCCCCC. The van der Waals surface area contributed by atoms with Gasteiger partial charge in [-0.3, -0.25) is 13.8 Å². The van der Waals surface area contributed by atoms with E-state index in [1.54, 1.807) is 0 Å². The third kappa shape index (κ3) is 47.0. The van der Waals surface area contributed by atoms with Crippen LogP contribution in [-0.4, -0.2) is 73.4 Å². The van der Waals surface area contributed by atoms with Crippen LogP contribution >= 0.6 is 7.82 Å². The molecule has 0 aromatic carbocycles. The number of carbonyl (C=O) groups excluding carboxylic acids is 1. The molecule has 0 bridgehead atoms. The Bertz CT molecular complexity index is 1390. The van der Waals surface area contributed by atoms with Gasteiger partial charge in [0, 0.05) is 6.42 Å². The summed E-state index contributed by atoms with van der Waals surface area (Å²) in [4.78, 5) is 22.9. The standard InChI is InChI=1S/C54H93N2O6P/c1-6-8-10-12-13-14-15-16-17-18-19-20-21-22-23-24-25-26-27-28-29-30-31-32-33-34-35-36-37-38-39-40-41-42-43-44-46-48-54(58)55-52(53(57)47-45-11-9-7-2)51-62-63(59,60)61-50-49-56(3,4)5/h8,10,13-14,16-17,19-20,22-23,25-26,28-29,31-32,34-35,52-53,57H,6-7,9,11-12,15,18,21,24,27,30,33,36-51H2,1-5H3,(H-,55,58,59,60)/p+1/b10-8-,14-13-,17-16-,20-19-,23-22-,26-25-,29-28-,32-31-,35-34-. The number of amides is 1. The van der Waals surface area contributed by atoms with E-state index in [2.05, 4.69) is 129 Å². The van der Waals surface area contributed by atoms with Crippen LogP contribution in [0.5, 0.6) is 0 Å². The van der Waals surface area contributed by atoms with Crippen molar-refractivity contribution in [3.63, 3.8) is 0 Å². The van der Waals surface area contributed by atoms with Crippen molar-refractivity contribution in [2.75, 3.05) is 40.9 Å². The normalized spacial score (nSPS) is 15.1. The number of unbranched alkanes of at least 4 members (excludes halogenated alkanes) is 12. The van der Waals surface area contributed by atoms with Crippen LogP contribution in [0.2, 0.25) is 0 Å². The average Bonchev–Trinajstić information content (AvgIpc) is 3.24. The highest BCUT2D eigenvalue weighted by molar-refractivity contribution is 7.47. The number of carbonyl (C=O) groups is 1. The maximum absolute atomic E-state index is 12.8. The van der Waals surface area contributed by atoms with E-state index < -0.39 is 20.0 Å². The summed E-state index contributed by atoms with van der Waals surface area (Å²) in [5, 5.41) is 13.7. The Kier molecular flexibility index (Phi) is 42.4. The Labute approximate surface area is 387 Å². The summed E-state index contributed by atoms with van der Waals surface area (Å²) in [5.41, 5.74) is 0. The molecule has 0 saturated carbocycles. The van der Waals surface area contributed by atoms with E-state index >= 15 is 0 Å². The fourth-order valence-electron chi connectivity index (χ4n) is 6.39. The molecule has 1 amide bonds. The Morgan fingerprint density at radius 1 is 0.556 bits per heavy atom. The van der Waals surface area contributed by atoms with E-state index in [1.807, 2.05) is 21.1 Å². The largest absolute Gasteiger partial charge is 0.472 e. The number of rotatable bonds is 43. The quantitative estimate of drug-likeness (QED) is 0.0244. The lowest BCUT2D eigenvalue weighted by molar-refractivity contribution is -0.870. The molecule has 63 heavy (non-hydrogen) atoms. The molecule has 8 nitrogen and oxygen atoms in total. The van der Waals surface area contributed by atoms with Crippen LogP contribution in [0.15, 0.2) is 109 Å². The number of allylic oxidation sites excluding steroid dienone is 18. The first kappa shape index (κ1) is 60.2. The smallest absolute Gasteiger partial charge is 0.391 e. The van der Waals surface area contributed by atoms with Crippen molar-refractivity contribution in [2.24, 2.45) is 0 Å². The van der Waals surface area contributed by atoms with E-state index in [1.165, 1.54) is 38.5 Å². The van der Waals surface area contributed by atoms with Gasteiger partial charge in [0.05, 0.1) is 39.9 Å². The van der Waals surface area contributed by atoms with Gasteiger partial charge < -0.3 is 19.8 Å². The molecule has 9 heteroatoms. The van der Waals surface area contributed by atoms with Gasteiger partial charge in [-0.2, -0.15) is 0 Å². The average molecular weight is 898 g/mol. The Hall–Kier alpha value is -2.84. The first-order valence-electron chi connectivity index (χ1n) is 24.8. The van der Waals surface area contributed by atoms with E-state index in [4.69, 9.17) is 9.05 Å². The highest BCUT2D eigenvalue weighted by atomic mass is 31.2. The minimum atomic E-state index is -4.30. The lowest BCUT2D eigenvalue weighted by Gasteiger charge is -2.26. The summed E-state index contributed by atoms with van der Waals surface area (Å²) in [5.74, 6) is -0.166. The van der Waals surface area contributed by atoms with Crippen LogP contribution in [0.25, 0.3) is 0 Å². The minimum absolute atomic E-state index is 0.0668. The molecule has 0 aliphatic carbocycles. The fourth-order valence-corrected chi connectivity index (χ4v) is 7.12. The third-order valence-electron chi connectivity index (χ3n) is 10.3. The number of nitrogens with one attached hydrogen (secondary N) is 1. The molecule has 0 aliphatic heterocycles. The Morgan fingerprint density at radius 2 is 0.952 bits per heavy atom. The molecular formula is C54H94N2O6P+. The number of quaternary nitrogens is 1. The highest BCUT2D eigenvalue weighted by Crippen LogP contribution is 2.43. The van der Waals surface area contributed by atoms with Crippen LogP contribution < -0.4 is 5.32 Å². The van der Waals surface area contributed by atoms with E-state index in [0.717, 1.165) is 109 Å². The lowest BCUT2D eigenvalue weighted by atomic mass is 10.0. The van der Waals surface area contributed by atoms with Crippen molar-refractivity contribution in [1.29, 1.82) is 0 Å². The molecule has 0 fully saturated rings. The van der Waals surface area contributed by atoms with Gasteiger partial charge in [0.25, 0.3) is 0 Å². The Morgan fingerprint density at radius 3 is 1.38 bits per heavy atom. The number of hydrogen-bond donors (Lipinski definition) is 3. The molecule has 3 atom stereocenters. The zero-order chi connectivity index (χ0) is 46.4. The fraction of sp³-hybridized carbons (Fsp3) is 0.648. The molecule has 0 aromatic heterocycles. The van der Waals surface area contributed by atoms with Crippen molar-refractivity contribution in [3.8, 4) is 0 Å². The van der Waals surface area contributed by atoms with E-state index in [-0.39, 0.29) is 19.1 Å². The van der Waals surface area contributed by atoms with E-state index in [0.29, 0.717) is 23.9 Å². The van der Waals surface area contributed by atoms with Gasteiger partial charge in [-0.1, -0.05) is 194 Å². The molecule has 0 rings (SSSR count). The van der Waals surface area contributed by atoms with Gasteiger partial charge in [0.2, 0.25) is 5.91 Å². The van der Waals surface area contributed by atoms with Gasteiger partial charge in [-0.25, -0.2) is 4.57 Å². The predicted molar refractivity (Wildman–Crippen MR) is 272 cm³/mol. The second-order valence-electron chi connectivity index (χ2n) is 17.5. The van der Waals surface area contributed by atoms with Crippen molar-refractivity contribution in [3.05, 3.63) is 109 Å². The first-order valence-corrected chi connectivity index (χ1v) is 26.2. The van der Waals surface area contributed by atoms with Gasteiger partial charge in [-0.05, 0) is 83.5 Å². The van der Waals surface area contributed by atoms with Gasteiger partial charge in [0.1, 0.15) is 13.2 Å². The topological polar surface area (TPSA) is 105 Å². The van der Waals surface area contributed by atoms with Crippen molar-refractivity contribution >= 4 is 13.7 Å². The molecule has 0 radical (unpaired) electrons. The molecule has 0 heterocycles. The number of hydrogen-bond acceptors (Lipinski definition) is 5. The predicted octanol–water partition coefficient (Wildman–Crippen LogP) is 14.5. The second-order valence-corrected chi connectivity index (χ2v) is 18.9. The number of nitrogens with zero attached hydrogens (tertiary/aromatic N) is 1. The monoisotopic (exact) mass is 898 g/mol. The number of phosphoric ester groups is 1. The van der Waals surface area contributed by atoms with Crippen LogP contribution in [-0.2, 0) is 18.4 Å². The number of phosphoric acid groups is 1. The van der Waals surface area contributed by atoms with Crippen molar-refractivity contribution in [2.45, 2.75) is 187 Å². The number of aliphatic hydroxyl groups excluding tert-OH is 1. The van der Waals surface area contributed by atoms with Crippen LogP contribution in [0, 0.1) is 0 Å². The summed E-state index contributed by atoms with van der Waals surface area (Å²) >= 11 is 0. The van der Waals surface area contributed by atoms with Crippen molar-refractivity contribution in [1.82, 2.24) is 5.32 Å². The number of aliphatic hydroxyl groups is 1. The highest BCUT2D eigenvalue weighted by Gasteiger charge is 2.28. The summed E-state index contributed by atoms with van der Waals surface area (Å²) in [6, 6.07) is -0.766. The zero-order valence-corrected chi connectivity index (χ0v) is 41.7. The molecule has 3 N–H and O–H groups in total. The maximum atomic E-state index is 12.8. The summed E-state index contributed by atoms with van der Waals surface area (Å²) in [6.45, 7) is 4.62. The summed E-state index contributed by atoms with van der Waals surface area (Å²) < 4.78 is 23.4. The second kappa shape index (κ2) is 44.4. The number of likely N-dealkylation sites (N-methyl/N-ethyl adjacent to an activating group) is 1. The molecule has 0 aromatic rings. The molecule has 3 unspecified atom stereocenters. The molecule has 0 saturated heterocycles. The van der Waals surface area contributed by atoms with Gasteiger partial charge in [-0.15, -0.1) is 0 Å². The Balaban J connectivity index is 3.92. The summed E-state index contributed by atoms with van der Waals surface area (Å²) in [6.07, 6.45) is 64.9. The van der Waals surface area contributed by atoms with Crippen LogP contribution in [0.4, 0.5) is 0 Å². The van der Waals surface area contributed by atoms with Crippen molar-refractivity contribution < 1.29 is 32.9 Å². The maximum Gasteiger partial charge on any atom is 0.472 e. The molecule has 0 spiro atoms. The van der Waals surface area contributed by atoms with Gasteiger partial charge in [0.15, 0.2) is 0 Å². The van der Waals surface area contributed by atoms with Gasteiger partial charge >= 0.3 is 7.82 Å². The van der Waals surface area contributed by atoms with Crippen LogP contribution in [0.3, 0.4) is 0 Å². The minimum Gasteiger partial charge on any atom is -0.391 e. The molecule has 360 valence electrons. The zero-order valence-electron chi connectivity index (χ0n) is 40.8. The van der Waals surface area contributed by atoms with E-state index in [9.17, 15) is 19.4 Å². The first-order chi connectivity index (χ1) is 30.5. The third-order valence-corrected chi connectivity index (χ3v) is 11.3. The lowest BCUT2D eigenvalue weighted by Crippen LogP contribution is -2.46. The molecule has 0 aliphatic rings. The summed E-state index contributed by atoms with van der Waals surface area (Å²) in [7, 11) is 1.59. The molecular weight excluding hydrogens is 804 g/mol.